The summed E-state index contributed by atoms with van der Waals surface area (Å²) in [4.78, 5) is 18.5. The van der Waals surface area contributed by atoms with Crippen LogP contribution < -0.4 is 5.48 Å². The van der Waals surface area contributed by atoms with Crippen LogP contribution in [0.15, 0.2) is 46.9 Å². The van der Waals surface area contributed by atoms with Crippen molar-refractivity contribution in [2.75, 3.05) is 13.1 Å². The zero-order valence-electron chi connectivity index (χ0n) is 14.4. The van der Waals surface area contributed by atoms with E-state index in [1.54, 1.807) is 23.7 Å². The third kappa shape index (κ3) is 3.47. The molecule has 2 aromatic carbocycles. The van der Waals surface area contributed by atoms with Gasteiger partial charge in [0, 0.05) is 17.7 Å². The molecule has 3 aromatic rings. The van der Waals surface area contributed by atoms with Gasteiger partial charge in [0.05, 0.1) is 0 Å². The van der Waals surface area contributed by atoms with Crippen molar-refractivity contribution >= 4 is 17.0 Å². The zero-order chi connectivity index (χ0) is 17.9. The van der Waals surface area contributed by atoms with Gasteiger partial charge in [0.25, 0.3) is 5.91 Å². The first-order valence-electron chi connectivity index (χ1n) is 8.89. The number of aromatic nitrogens is 1. The van der Waals surface area contributed by atoms with Crippen LogP contribution in [0, 0.1) is 0 Å². The summed E-state index contributed by atoms with van der Waals surface area (Å²) in [5.74, 6) is -0.0398. The smallest absolute Gasteiger partial charge is 0.274 e. The van der Waals surface area contributed by atoms with Gasteiger partial charge in [0.2, 0.25) is 5.89 Å². The van der Waals surface area contributed by atoms with E-state index in [4.69, 9.17) is 9.62 Å². The van der Waals surface area contributed by atoms with Crippen LogP contribution in [-0.4, -0.2) is 34.1 Å². The van der Waals surface area contributed by atoms with Crippen molar-refractivity contribution < 1.29 is 14.4 Å². The lowest BCUT2D eigenvalue weighted by molar-refractivity contribution is 0.0706. The molecule has 0 unspecified atom stereocenters. The lowest BCUT2D eigenvalue weighted by atomic mass is 10.1. The third-order valence-electron chi connectivity index (χ3n) is 4.78. The number of fused-ring (bicyclic) bond motifs is 1. The molecule has 6 nitrogen and oxygen atoms in total. The van der Waals surface area contributed by atoms with Gasteiger partial charge in [-0.2, -0.15) is 0 Å². The molecule has 1 fully saturated rings. The van der Waals surface area contributed by atoms with E-state index >= 15 is 0 Å². The maximum Gasteiger partial charge on any atom is 0.274 e. The van der Waals surface area contributed by atoms with Crippen LogP contribution >= 0.6 is 0 Å². The van der Waals surface area contributed by atoms with Crippen LogP contribution in [0.25, 0.3) is 22.6 Å². The number of benzene rings is 2. The quantitative estimate of drug-likeness (QED) is 0.555. The Morgan fingerprint density at radius 1 is 1.15 bits per heavy atom. The summed E-state index contributed by atoms with van der Waals surface area (Å²) >= 11 is 0. The highest BCUT2D eigenvalue weighted by Crippen LogP contribution is 2.26. The van der Waals surface area contributed by atoms with Crippen molar-refractivity contribution in [1.82, 2.24) is 15.4 Å². The van der Waals surface area contributed by atoms with Gasteiger partial charge < -0.3 is 4.42 Å². The van der Waals surface area contributed by atoms with Gasteiger partial charge in [-0.15, -0.1) is 0 Å². The van der Waals surface area contributed by atoms with Gasteiger partial charge in [-0.05, 0) is 61.8 Å². The fourth-order valence-corrected chi connectivity index (χ4v) is 3.44. The van der Waals surface area contributed by atoms with Crippen molar-refractivity contribution in [1.29, 1.82) is 0 Å². The second-order valence-electron chi connectivity index (χ2n) is 6.68. The van der Waals surface area contributed by atoms with E-state index in [0.29, 0.717) is 22.6 Å². The molecule has 0 aliphatic carbocycles. The Labute approximate surface area is 151 Å². The van der Waals surface area contributed by atoms with Crippen LogP contribution in [0.3, 0.4) is 0 Å². The zero-order valence-corrected chi connectivity index (χ0v) is 14.4. The average Bonchev–Trinajstić information content (AvgIpc) is 3.12. The molecule has 6 heteroatoms. The molecule has 0 spiro atoms. The molecule has 0 atom stereocenters. The normalized spacial score (nSPS) is 15.3. The first-order valence-corrected chi connectivity index (χ1v) is 8.89. The van der Waals surface area contributed by atoms with E-state index in [-0.39, 0.29) is 0 Å². The minimum Gasteiger partial charge on any atom is -0.436 e. The van der Waals surface area contributed by atoms with Crippen molar-refractivity contribution in [2.45, 2.75) is 25.8 Å². The monoisotopic (exact) mass is 351 g/mol. The predicted molar refractivity (Wildman–Crippen MR) is 97.8 cm³/mol. The summed E-state index contributed by atoms with van der Waals surface area (Å²) in [5, 5.41) is 8.76. The first-order chi connectivity index (χ1) is 12.7. The average molecular weight is 351 g/mol. The van der Waals surface area contributed by atoms with E-state index in [1.165, 1.54) is 24.8 Å². The highest BCUT2D eigenvalue weighted by molar-refractivity contribution is 5.96. The first kappa shape index (κ1) is 16.8. The highest BCUT2D eigenvalue weighted by atomic mass is 16.5. The molecule has 2 N–H and O–H groups in total. The minimum absolute atomic E-state index is 0.332. The summed E-state index contributed by atoms with van der Waals surface area (Å²) in [6.45, 7) is 3.25. The van der Waals surface area contributed by atoms with E-state index in [9.17, 15) is 4.79 Å². The van der Waals surface area contributed by atoms with Crippen molar-refractivity contribution in [2.24, 2.45) is 0 Å². The molecule has 1 saturated heterocycles. The summed E-state index contributed by atoms with van der Waals surface area (Å²) in [7, 11) is 0. The Morgan fingerprint density at radius 2 is 2.00 bits per heavy atom. The number of oxazole rings is 1. The molecule has 4 rings (SSSR count). The largest absolute Gasteiger partial charge is 0.436 e. The number of carbonyl (C=O) groups is 1. The molecule has 0 bridgehead atoms. The van der Waals surface area contributed by atoms with Crippen LogP contribution in [0.4, 0.5) is 0 Å². The fraction of sp³-hybridized carbons (Fsp3) is 0.300. The number of hydroxylamine groups is 1. The van der Waals surface area contributed by atoms with Gasteiger partial charge in [-0.25, -0.2) is 10.5 Å². The molecule has 1 aromatic heterocycles. The molecule has 0 radical (unpaired) electrons. The summed E-state index contributed by atoms with van der Waals surface area (Å²) in [6, 6.07) is 13.1. The number of hydrogen-bond acceptors (Lipinski definition) is 5. The molecule has 2 heterocycles. The van der Waals surface area contributed by atoms with Crippen LogP contribution in [0.2, 0.25) is 0 Å². The number of carbonyl (C=O) groups excluding carboxylic acids is 1. The number of nitrogens with zero attached hydrogens (tertiary/aromatic N) is 2. The maximum absolute atomic E-state index is 11.5. The molecule has 26 heavy (non-hydrogen) atoms. The minimum atomic E-state index is -0.569. The van der Waals surface area contributed by atoms with Gasteiger partial charge >= 0.3 is 0 Å². The van der Waals surface area contributed by atoms with E-state index in [2.05, 4.69) is 22.0 Å². The number of nitrogens with one attached hydrogen (secondary N) is 1. The number of amides is 1. The van der Waals surface area contributed by atoms with E-state index < -0.39 is 5.91 Å². The second kappa shape index (κ2) is 7.27. The Kier molecular flexibility index (Phi) is 4.69. The van der Waals surface area contributed by atoms with Crippen molar-refractivity contribution in [3.8, 4) is 11.5 Å². The molecular weight excluding hydrogens is 330 g/mol. The van der Waals surface area contributed by atoms with Crippen LogP contribution in [0.5, 0.6) is 0 Å². The standard InChI is InChI=1S/C20H21N3O3/c24-19(22-25)15-7-8-18-17(12-15)21-20(26-18)16-6-4-5-14(11-16)13-23-9-2-1-3-10-23/h4-8,11-12,25H,1-3,9-10,13H2,(H,22,24). The van der Waals surface area contributed by atoms with Gasteiger partial charge in [0.1, 0.15) is 5.52 Å². The van der Waals surface area contributed by atoms with Crippen LogP contribution in [0.1, 0.15) is 35.2 Å². The van der Waals surface area contributed by atoms with Gasteiger partial charge in [-0.3, -0.25) is 14.9 Å². The van der Waals surface area contributed by atoms with Crippen molar-refractivity contribution in [3.05, 3.63) is 53.6 Å². The topological polar surface area (TPSA) is 78.6 Å². The summed E-state index contributed by atoms with van der Waals surface area (Å²) in [5.41, 5.74) is 5.32. The fourth-order valence-electron chi connectivity index (χ4n) is 3.44. The molecule has 0 saturated carbocycles. The van der Waals surface area contributed by atoms with Gasteiger partial charge in [-0.1, -0.05) is 18.6 Å². The maximum atomic E-state index is 11.5. The Bertz CT molecular complexity index is 929. The lowest BCUT2D eigenvalue weighted by Crippen LogP contribution is -2.29. The number of piperidine rings is 1. The molecule has 134 valence electrons. The SMILES string of the molecule is O=C(NO)c1ccc2oc(-c3cccc(CN4CCCCC4)c3)nc2c1. The lowest BCUT2D eigenvalue weighted by Gasteiger charge is -2.26. The summed E-state index contributed by atoms with van der Waals surface area (Å²) < 4.78 is 5.85. The van der Waals surface area contributed by atoms with E-state index in [0.717, 1.165) is 25.2 Å². The molecule has 1 aliphatic rings. The predicted octanol–water partition coefficient (Wildman–Crippen LogP) is 3.60. The number of likely N-dealkylation sites (tertiary alicyclic amines) is 1. The molecule has 1 aliphatic heterocycles. The summed E-state index contributed by atoms with van der Waals surface area (Å²) in [6.07, 6.45) is 3.87. The highest BCUT2D eigenvalue weighted by Gasteiger charge is 2.14. The van der Waals surface area contributed by atoms with Gasteiger partial charge in [0.15, 0.2) is 5.58 Å². The third-order valence-corrected chi connectivity index (χ3v) is 4.78. The number of hydrogen-bond donors (Lipinski definition) is 2. The Balaban J connectivity index is 1.60. The Morgan fingerprint density at radius 3 is 2.81 bits per heavy atom. The molecule has 1 amide bonds. The van der Waals surface area contributed by atoms with E-state index in [1.807, 2.05) is 12.1 Å². The number of rotatable bonds is 4. The van der Waals surface area contributed by atoms with Crippen LogP contribution in [-0.2, 0) is 6.54 Å². The second-order valence-corrected chi connectivity index (χ2v) is 6.68. The van der Waals surface area contributed by atoms with Crippen molar-refractivity contribution in [3.63, 3.8) is 0 Å². The molecular formula is C20H21N3O3. The Hall–Kier alpha value is -2.70.